The second kappa shape index (κ2) is 7.06. The summed E-state index contributed by atoms with van der Waals surface area (Å²) in [5.74, 6) is 0. The van der Waals surface area contributed by atoms with Crippen LogP contribution in [-0.2, 0) is 10.0 Å². The number of thiazole rings is 1. The molecule has 0 saturated carbocycles. The van der Waals surface area contributed by atoms with Crippen molar-refractivity contribution in [2.24, 2.45) is 5.73 Å². The molecule has 1 heterocycles. The fourth-order valence-corrected chi connectivity index (χ4v) is 4.01. The van der Waals surface area contributed by atoms with Gasteiger partial charge >= 0.3 is 0 Å². The minimum Gasteiger partial charge on any atom is -0.329 e. The van der Waals surface area contributed by atoms with Crippen LogP contribution in [0.3, 0.4) is 0 Å². The van der Waals surface area contributed by atoms with Crippen LogP contribution in [0.15, 0.2) is 34.5 Å². The van der Waals surface area contributed by atoms with Crippen LogP contribution in [-0.4, -0.2) is 25.5 Å². The summed E-state index contributed by atoms with van der Waals surface area (Å²) in [6.07, 6.45) is 0. The van der Waals surface area contributed by atoms with Crippen molar-refractivity contribution in [3.8, 4) is 10.6 Å². The summed E-state index contributed by atoms with van der Waals surface area (Å²) in [6.45, 7) is 5.63. The van der Waals surface area contributed by atoms with E-state index in [1.807, 2.05) is 18.4 Å². The molecule has 3 N–H and O–H groups in total. The molecule has 0 bridgehead atoms. The van der Waals surface area contributed by atoms with E-state index in [1.165, 1.54) is 11.3 Å². The van der Waals surface area contributed by atoms with Crippen LogP contribution in [0.1, 0.15) is 19.5 Å². The van der Waals surface area contributed by atoms with Gasteiger partial charge in [0.25, 0.3) is 0 Å². The first-order valence-electron chi connectivity index (χ1n) is 6.50. The largest absolute Gasteiger partial charge is 0.329 e. The van der Waals surface area contributed by atoms with Gasteiger partial charge in [0, 0.05) is 28.7 Å². The van der Waals surface area contributed by atoms with Gasteiger partial charge in [0.1, 0.15) is 5.01 Å². The van der Waals surface area contributed by atoms with E-state index in [0.717, 1.165) is 16.3 Å². The second-order valence-electron chi connectivity index (χ2n) is 5.52. The number of benzene rings is 1. The van der Waals surface area contributed by atoms with Crippen molar-refractivity contribution in [3.63, 3.8) is 0 Å². The quantitative estimate of drug-likeness (QED) is 0.857. The predicted molar refractivity (Wildman–Crippen MR) is 93.0 cm³/mol. The molecule has 0 unspecified atom stereocenters. The van der Waals surface area contributed by atoms with Crippen molar-refractivity contribution in [1.82, 2.24) is 9.71 Å². The van der Waals surface area contributed by atoms with Gasteiger partial charge in [-0.15, -0.1) is 23.7 Å². The smallest absolute Gasteiger partial charge is 0.241 e. The zero-order valence-corrected chi connectivity index (χ0v) is 15.1. The van der Waals surface area contributed by atoms with Gasteiger partial charge in [-0.25, -0.2) is 18.1 Å². The van der Waals surface area contributed by atoms with Gasteiger partial charge in [-0.1, -0.05) is 12.1 Å². The third-order valence-electron chi connectivity index (χ3n) is 2.93. The number of hydrogen-bond donors (Lipinski definition) is 2. The summed E-state index contributed by atoms with van der Waals surface area (Å²) in [4.78, 5) is 4.60. The highest BCUT2D eigenvalue weighted by molar-refractivity contribution is 7.89. The summed E-state index contributed by atoms with van der Waals surface area (Å²) < 4.78 is 27.4. The van der Waals surface area contributed by atoms with Gasteiger partial charge in [0.05, 0.1) is 4.90 Å². The summed E-state index contributed by atoms with van der Waals surface area (Å²) >= 11 is 1.49. The van der Waals surface area contributed by atoms with E-state index in [1.54, 1.807) is 32.0 Å². The Morgan fingerprint density at radius 3 is 2.59 bits per heavy atom. The van der Waals surface area contributed by atoms with E-state index in [-0.39, 0.29) is 23.8 Å². The molecule has 22 heavy (non-hydrogen) atoms. The number of halogens is 1. The van der Waals surface area contributed by atoms with Gasteiger partial charge in [-0.05, 0) is 32.9 Å². The molecule has 2 aromatic rings. The molecular weight excluding hydrogens is 342 g/mol. The highest BCUT2D eigenvalue weighted by atomic mass is 35.5. The predicted octanol–water partition coefficient (Wildman–Crippen LogP) is 2.56. The van der Waals surface area contributed by atoms with Crippen LogP contribution < -0.4 is 10.5 Å². The molecule has 5 nitrogen and oxygen atoms in total. The van der Waals surface area contributed by atoms with Crippen LogP contribution in [0.5, 0.6) is 0 Å². The molecule has 1 aromatic heterocycles. The fourth-order valence-electron chi connectivity index (χ4n) is 1.75. The summed E-state index contributed by atoms with van der Waals surface area (Å²) in [7, 11) is -3.61. The molecule has 0 aliphatic rings. The third-order valence-corrected chi connectivity index (χ3v) is 5.64. The van der Waals surface area contributed by atoms with Crippen molar-refractivity contribution in [2.45, 2.75) is 31.2 Å². The standard InChI is InChI=1S/C14H19N3O2S2.ClH/c1-10-8-20-13(16-10)11-5-4-6-12(7-11)21(18,19)17-14(2,3)9-15;/h4-8,17H,9,15H2,1-3H3;1H. The molecule has 0 aliphatic carbocycles. The minimum absolute atomic E-state index is 0. The highest BCUT2D eigenvalue weighted by Crippen LogP contribution is 2.26. The molecule has 8 heteroatoms. The molecule has 0 aliphatic heterocycles. The normalized spacial score (nSPS) is 12.0. The average Bonchev–Trinajstić information content (AvgIpc) is 2.85. The number of nitrogens with zero attached hydrogens (tertiary/aromatic N) is 1. The Kier molecular flexibility index (Phi) is 6.11. The molecule has 122 valence electrons. The van der Waals surface area contributed by atoms with Gasteiger partial charge in [0.2, 0.25) is 10.0 Å². The number of nitrogens with one attached hydrogen (secondary N) is 1. The highest BCUT2D eigenvalue weighted by Gasteiger charge is 2.25. The summed E-state index contributed by atoms with van der Waals surface area (Å²) in [6, 6.07) is 6.77. The van der Waals surface area contributed by atoms with E-state index in [0.29, 0.717) is 0 Å². The maximum atomic E-state index is 12.4. The number of aromatic nitrogens is 1. The van der Waals surface area contributed by atoms with Crippen molar-refractivity contribution in [1.29, 1.82) is 0 Å². The minimum atomic E-state index is -3.61. The van der Waals surface area contributed by atoms with Crippen LogP contribution in [0.4, 0.5) is 0 Å². The lowest BCUT2D eigenvalue weighted by molar-refractivity contribution is 0.462. The number of nitrogens with two attached hydrogens (primary N) is 1. The Bertz CT molecular complexity index is 742. The zero-order valence-electron chi connectivity index (χ0n) is 12.7. The topological polar surface area (TPSA) is 85.1 Å². The van der Waals surface area contributed by atoms with Crippen molar-refractivity contribution >= 4 is 33.8 Å². The van der Waals surface area contributed by atoms with E-state index in [2.05, 4.69) is 9.71 Å². The SMILES string of the molecule is Cc1csc(-c2cccc(S(=O)(=O)NC(C)(C)CN)c2)n1.Cl. The Morgan fingerprint density at radius 1 is 1.36 bits per heavy atom. The average molecular weight is 362 g/mol. The number of rotatable bonds is 5. The lowest BCUT2D eigenvalue weighted by Gasteiger charge is -2.23. The molecule has 2 rings (SSSR count). The van der Waals surface area contributed by atoms with Gasteiger partial charge in [-0.2, -0.15) is 0 Å². The number of aryl methyl sites for hydroxylation is 1. The Hall–Kier alpha value is -0.990. The maximum absolute atomic E-state index is 12.4. The van der Waals surface area contributed by atoms with E-state index in [9.17, 15) is 8.42 Å². The first-order chi connectivity index (χ1) is 9.73. The molecule has 0 fully saturated rings. The monoisotopic (exact) mass is 361 g/mol. The lowest BCUT2D eigenvalue weighted by atomic mass is 10.1. The van der Waals surface area contributed by atoms with Crippen molar-refractivity contribution < 1.29 is 8.42 Å². The second-order valence-corrected chi connectivity index (χ2v) is 8.06. The number of sulfonamides is 1. The maximum Gasteiger partial charge on any atom is 0.241 e. The third kappa shape index (κ3) is 4.50. The Morgan fingerprint density at radius 2 is 2.05 bits per heavy atom. The molecule has 0 atom stereocenters. The zero-order chi connectivity index (χ0) is 15.7. The van der Waals surface area contributed by atoms with Crippen LogP contribution in [0.2, 0.25) is 0 Å². The molecule has 1 aromatic carbocycles. The van der Waals surface area contributed by atoms with Gasteiger partial charge in [0.15, 0.2) is 0 Å². The van der Waals surface area contributed by atoms with Crippen LogP contribution in [0.25, 0.3) is 10.6 Å². The first kappa shape index (κ1) is 19.1. The molecular formula is C14H20ClN3O2S2. The van der Waals surface area contributed by atoms with Crippen LogP contribution in [0, 0.1) is 6.92 Å². The van der Waals surface area contributed by atoms with Gasteiger partial charge in [-0.3, -0.25) is 0 Å². The molecule has 0 amide bonds. The van der Waals surface area contributed by atoms with E-state index >= 15 is 0 Å². The van der Waals surface area contributed by atoms with Crippen molar-refractivity contribution in [3.05, 3.63) is 35.3 Å². The first-order valence-corrected chi connectivity index (χ1v) is 8.86. The summed E-state index contributed by atoms with van der Waals surface area (Å²) in [5, 5.41) is 2.74. The Labute approximate surface area is 141 Å². The Balaban J connectivity index is 0.00000242. The lowest BCUT2D eigenvalue weighted by Crippen LogP contribution is -2.48. The molecule has 0 radical (unpaired) electrons. The number of hydrogen-bond acceptors (Lipinski definition) is 5. The summed E-state index contributed by atoms with van der Waals surface area (Å²) in [5.41, 5.74) is 6.61. The molecule has 0 saturated heterocycles. The molecule has 0 spiro atoms. The fraction of sp³-hybridized carbons (Fsp3) is 0.357. The van der Waals surface area contributed by atoms with E-state index < -0.39 is 15.6 Å². The van der Waals surface area contributed by atoms with E-state index in [4.69, 9.17) is 5.73 Å². The van der Waals surface area contributed by atoms with Gasteiger partial charge < -0.3 is 5.73 Å². The van der Waals surface area contributed by atoms with Crippen LogP contribution >= 0.6 is 23.7 Å². The van der Waals surface area contributed by atoms with Crippen molar-refractivity contribution in [2.75, 3.05) is 6.54 Å².